The Morgan fingerprint density at radius 2 is 1.91 bits per heavy atom. The first-order valence-corrected chi connectivity index (χ1v) is 10.3. The number of rotatable bonds is 6. The van der Waals surface area contributed by atoms with Gasteiger partial charge in [0.2, 0.25) is 11.6 Å². The lowest BCUT2D eigenvalue weighted by Crippen LogP contribution is -2.22. The number of benzene rings is 1. The molecular weight excluding hydrogens is 426 g/mol. The maximum absolute atomic E-state index is 11.1. The Hall–Kier alpha value is -3.98. The molecule has 170 valence electrons. The van der Waals surface area contributed by atoms with Crippen molar-refractivity contribution < 1.29 is 28.8 Å². The van der Waals surface area contributed by atoms with Crippen molar-refractivity contribution >= 4 is 5.65 Å². The van der Waals surface area contributed by atoms with E-state index in [1.54, 1.807) is 58.0 Å². The van der Waals surface area contributed by atoms with Gasteiger partial charge in [0.15, 0.2) is 17.6 Å². The van der Waals surface area contributed by atoms with Crippen LogP contribution in [-0.2, 0) is 0 Å². The Kier molecular flexibility index (Phi) is 5.39. The summed E-state index contributed by atoms with van der Waals surface area (Å²) >= 11 is 0. The highest BCUT2D eigenvalue weighted by Gasteiger charge is 2.28. The van der Waals surface area contributed by atoms with Gasteiger partial charge in [-0.25, -0.2) is 9.97 Å². The van der Waals surface area contributed by atoms with Gasteiger partial charge in [0.25, 0.3) is 0 Å². The summed E-state index contributed by atoms with van der Waals surface area (Å²) in [4.78, 5) is 8.61. The first kappa shape index (κ1) is 20.9. The molecule has 1 aromatic carbocycles. The van der Waals surface area contributed by atoms with Gasteiger partial charge in [0.1, 0.15) is 24.1 Å². The van der Waals surface area contributed by atoms with Crippen LogP contribution in [0.4, 0.5) is 0 Å². The lowest BCUT2D eigenvalue weighted by molar-refractivity contribution is 0.0862. The van der Waals surface area contributed by atoms with E-state index in [-0.39, 0.29) is 6.10 Å². The van der Waals surface area contributed by atoms with Gasteiger partial charge in [0.05, 0.1) is 33.2 Å². The van der Waals surface area contributed by atoms with Crippen LogP contribution in [0, 0.1) is 0 Å². The summed E-state index contributed by atoms with van der Waals surface area (Å²) in [5, 5.41) is 11.1. The van der Waals surface area contributed by atoms with Crippen molar-refractivity contribution in [3.63, 3.8) is 0 Å². The molecule has 3 aromatic heterocycles. The van der Waals surface area contributed by atoms with E-state index in [0.29, 0.717) is 52.4 Å². The third-order valence-electron chi connectivity index (χ3n) is 5.60. The lowest BCUT2D eigenvalue weighted by Gasteiger charge is -2.28. The number of methoxy groups -OCH3 is 3. The molecular formula is C24H23N3O6. The topological polar surface area (TPSA) is 96.6 Å². The summed E-state index contributed by atoms with van der Waals surface area (Å²) in [5.41, 5.74) is 2.72. The standard InChI is InChI=1S/C24H23N3O6/c1-29-16-6-7-27-17(12-25-21(27)10-16)23(28)15-8-18(30-2)24-19(9-15)32-13-20(33-24)14-4-5-22(31-3)26-11-14/h4-12,20,23,28H,13H2,1-3H3. The Morgan fingerprint density at radius 1 is 1.03 bits per heavy atom. The van der Waals surface area contributed by atoms with Crippen LogP contribution in [0.1, 0.15) is 29.0 Å². The van der Waals surface area contributed by atoms with Crippen molar-refractivity contribution in [3.05, 3.63) is 71.8 Å². The third-order valence-corrected chi connectivity index (χ3v) is 5.60. The highest BCUT2D eigenvalue weighted by Crippen LogP contribution is 2.46. The van der Waals surface area contributed by atoms with E-state index in [2.05, 4.69) is 9.97 Å². The molecule has 1 aliphatic heterocycles. The average Bonchev–Trinajstić information content (AvgIpc) is 3.30. The van der Waals surface area contributed by atoms with Crippen LogP contribution in [0.2, 0.25) is 0 Å². The SMILES string of the molecule is COc1ccn2c(C(O)c3cc(OC)c4c(c3)OCC(c3ccc(OC)nc3)O4)cnc2c1. The van der Waals surface area contributed by atoms with Crippen molar-refractivity contribution in [1.82, 2.24) is 14.4 Å². The van der Waals surface area contributed by atoms with Crippen LogP contribution in [0.3, 0.4) is 0 Å². The number of nitrogens with zero attached hydrogens (tertiary/aromatic N) is 3. The quantitative estimate of drug-likeness (QED) is 0.479. The minimum atomic E-state index is -0.959. The summed E-state index contributed by atoms with van der Waals surface area (Å²) in [6.45, 7) is 0.291. The molecule has 0 saturated carbocycles. The Balaban J connectivity index is 1.45. The molecule has 5 rings (SSSR count). The van der Waals surface area contributed by atoms with Crippen molar-refractivity contribution in [2.75, 3.05) is 27.9 Å². The molecule has 0 bridgehead atoms. The zero-order chi connectivity index (χ0) is 22.9. The molecule has 9 nitrogen and oxygen atoms in total. The summed E-state index contributed by atoms with van der Waals surface area (Å²) < 4.78 is 29.9. The monoisotopic (exact) mass is 449 g/mol. The largest absolute Gasteiger partial charge is 0.497 e. The summed E-state index contributed by atoms with van der Waals surface area (Å²) in [7, 11) is 4.72. The van der Waals surface area contributed by atoms with E-state index in [4.69, 9.17) is 23.7 Å². The van der Waals surface area contributed by atoms with Crippen molar-refractivity contribution in [1.29, 1.82) is 0 Å². The Morgan fingerprint density at radius 3 is 2.64 bits per heavy atom. The van der Waals surface area contributed by atoms with Gasteiger partial charge in [-0.3, -0.25) is 0 Å². The van der Waals surface area contributed by atoms with Crippen molar-refractivity contribution in [2.24, 2.45) is 0 Å². The molecule has 0 radical (unpaired) electrons. The summed E-state index contributed by atoms with van der Waals surface area (Å²) in [6.07, 6.45) is 3.83. The molecule has 1 N–H and O–H groups in total. The summed E-state index contributed by atoms with van der Waals surface area (Å²) in [5.74, 6) is 2.65. The number of aliphatic hydroxyl groups is 1. The number of aliphatic hydroxyl groups excluding tert-OH is 1. The van der Waals surface area contributed by atoms with Gasteiger partial charge in [-0.15, -0.1) is 0 Å². The minimum Gasteiger partial charge on any atom is -0.497 e. The molecule has 0 spiro atoms. The molecule has 0 amide bonds. The van der Waals surface area contributed by atoms with Crippen LogP contribution >= 0.6 is 0 Å². The number of hydrogen-bond acceptors (Lipinski definition) is 8. The van der Waals surface area contributed by atoms with Gasteiger partial charge in [-0.05, 0) is 29.8 Å². The molecule has 2 atom stereocenters. The van der Waals surface area contributed by atoms with E-state index < -0.39 is 6.10 Å². The third kappa shape index (κ3) is 3.76. The fourth-order valence-electron chi connectivity index (χ4n) is 3.82. The van der Waals surface area contributed by atoms with Crippen LogP contribution in [0.25, 0.3) is 5.65 Å². The molecule has 4 aromatic rings. The molecule has 4 heterocycles. The normalized spacial score (nSPS) is 15.8. The second-order valence-electron chi connectivity index (χ2n) is 7.48. The zero-order valence-electron chi connectivity index (χ0n) is 18.4. The van der Waals surface area contributed by atoms with E-state index in [9.17, 15) is 5.11 Å². The van der Waals surface area contributed by atoms with Gasteiger partial charge >= 0.3 is 0 Å². The molecule has 0 saturated heterocycles. The molecule has 33 heavy (non-hydrogen) atoms. The minimum absolute atomic E-state index is 0.291. The van der Waals surface area contributed by atoms with Crippen molar-refractivity contribution in [3.8, 4) is 28.9 Å². The molecule has 9 heteroatoms. The maximum atomic E-state index is 11.1. The fourth-order valence-corrected chi connectivity index (χ4v) is 3.82. The van der Waals surface area contributed by atoms with E-state index in [1.165, 1.54) is 0 Å². The number of ether oxygens (including phenoxy) is 5. The van der Waals surface area contributed by atoms with Crippen LogP contribution in [0.15, 0.2) is 55.0 Å². The molecule has 1 aliphatic rings. The molecule has 0 aliphatic carbocycles. The highest BCUT2D eigenvalue weighted by atomic mass is 16.6. The fraction of sp³-hybridized carbons (Fsp3) is 0.250. The first-order chi connectivity index (χ1) is 16.1. The number of hydrogen-bond donors (Lipinski definition) is 1. The smallest absolute Gasteiger partial charge is 0.212 e. The zero-order valence-corrected chi connectivity index (χ0v) is 18.4. The van der Waals surface area contributed by atoms with Gasteiger partial charge in [0, 0.05) is 30.1 Å². The number of imidazole rings is 1. The van der Waals surface area contributed by atoms with Crippen LogP contribution in [0.5, 0.6) is 28.9 Å². The first-order valence-electron chi connectivity index (χ1n) is 10.3. The van der Waals surface area contributed by atoms with E-state index >= 15 is 0 Å². The molecule has 0 fully saturated rings. The number of aromatic nitrogens is 3. The Bertz CT molecular complexity index is 1270. The predicted octanol–water partition coefficient (Wildman–Crippen LogP) is 3.35. The maximum Gasteiger partial charge on any atom is 0.212 e. The predicted molar refractivity (Wildman–Crippen MR) is 118 cm³/mol. The van der Waals surface area contributed by atoms with E-state index in [0.717, 1.165) is 5.56 Å². The number of fused-ring (bicyclic) bond motifs is 2. The molecule has 2 unspecified atom stereocenters. The van der Waals surface area contributed by atoms with Gasteiger partial charge in [-0.2, -0.15) is 0 Å². The van der Waals surface area contributed by atoms with Crippen molar-refractivity contribution in [2.45, 2.75) is 12.2 Å². The second kappa shape index (κ2) is 8.51. The second-order valence-corrected chi connectivity index (χ2v) is 7.48. The summed E-state index contributed by atoms with van der Waals surface area (Å²) in [6, 6.07) is 10.8. The lowest BCUT2D eigenvalue weighted by atomic mass is 10.0. The van der Waals surface area contributed by atoms with Gasteiger partial charge in [-0.1, -0.05) is 0 Å². The average molecular weight is 449 g/mol. The number of pyridine rings is 2. The van der Waals surface area contributed by atoms with Gasteiger partial charge < -0.3 is 33.2 Å². The Labute approximate surface area is 190 Å². The van der Waals surface area contributed by atoms with Crippen LogP contribution in [-0.4, -0.2) is 47.4 Å². The van der Waals surface area contributed by atoms with E-state index in [1.807, 2.05) is 22.7 Å². The highest BCUT2D eigenvalue weighted by molar-refractivity contribution is 5.56. The van der Waals surface area contributed by atoms with Crippen LogP contribution < -0.4 is 23.7 Å².